The van der Waals surface area contributed by atoms with Gasteiger partial charge in [0, 0.05) is 13.1 Å². The highest BCUT2D eigenvalue weighted by Crippen LogP contribution is 2.19. The number of hydrogen-bond acceptors (Lipinski definition) is 3. The van der Waals surface area contributed by atoms with E-state index in [-0.39, 0.29) is 0 Å². The second kappa shape index (κ2) is 3.49. The van der Waals surface area contributed by atoms with E-state index in [4.69, 9.17) is 16.3 Å². The van der Waals surface area contributed by atoms with Gasteiger partial charge in [-0.1, -0.05) is 11.6 Å². The first-order valence-corrected chi connectivity index (χ1v) is 3.60. The summed E-state index contributed by atoms with van der Waals surface area (Å²) in [5, 5.41) is 0.494. The number of methoxy groups -OCH3 is 1. The van der Waals surface area contributed by atoms with E-state index in [1.165, 1.54) is 11.7 Å². The molecule has 0 N–H and O–H groups in total. The van der Waals surface area contributed by atoms with Crippen LogP contribution in [0, 0.1) is 0 Å². The molecule has 0 saturated heterocycles. The molecular formula is C7H8ClNO3. The molecule has 0 radical (unpaired) electrons. The lowest BCUT2D eigenvalue weighted by molar-refractivity contribution is 0.118. The van der Waals surface area contributed by atoms with Crippen LogP contribution < -0.4 is 4.74 Å². The predicted octanol–water partition coefficient (Wildman–Crippen LogP) is 1.82. The van der Waals surface area contributed by atoms with Crippen LogP contribution in [0.25, 0.3) is 0 Å². The van der Waals surface area contributed by atoms with Gasteiger partial charge in [-0.2, -0.15) is 0 Å². The SMILES string of the molecule is COC(=O)Oc1ccc(Cl)n1C. The molecule has 0 atom stereocenters. The second-order valence-corrected chi connectivity index (χ2v) is 2.50. The van der Waals surface area contributed by atoms with E-state index < -0.39 is 6.16 Å². The van der Waals surface area contributed by atoms with Gasteiger partial charge < -0.3 is 14.0 Å². The summed E-state index contributed by atoms with van der Waals surface area (Å²) in [6.45, 7) is 0. The highest BCUT2D eigenvalue weighted by molar-refractivity contribution is 6.29. The number of rotatable bonds is 1. The zero-order valence-electron chi connectivity index (χ0n) is 6.70. The van der Waals surface area contributed by atoms with Crippen LogP contribution in [0.15, 0.2) is 12.1 Å². The smallest absolute Gasteiger partial charge is 0.437 e. The fraction of sp³-hybridized carbons (Fsp3) is 0.286. The fourth-order valence-electron chi connectivity index (χ4n) is 0.698. The molecule has 0 fully saturated rings. The van der Waals surface area contributed by atoms with E-state index in [1.807, 2.05) is 0 Å². The molecule has 12 heavy (non-hydrogen) atoms. The fourth-order valence-corrected chi connectivity index (χ4v) is 0.845. The van der Waals surface area contributed by atoms with Crippen LogP contribution in [0.2, 0.25) is 5.15 Å². The summed E-state index contributed by atoms with van der Waals surface area (Å²) in [5.41, 5.74) is 0. The first kappa shape index (κ1) is 8.93. The van der Waals surface area contributed by atoms with E-state index in [1.54, 1.807) is 19.2 Å². The summed E-state index contributed by atoms with van der Waals surface area (Å²) in [6, 6.07) is 3.21. The Morgan fingerprint density at radius 1 is 1.58 bits per heavy atom. The Hall–Kier alpha value is -1.16. The quantitative estimate of drug-likeness (QED) is 0.633. The minimum atomic E-state index is -0.757. The van der Waals surface area contributed by atoms with Crippen LogP contribution in [0.5, 0.6) is 5.88 Å². The van der Waals surface area contributed by atoms with Crippen LogP contribution in [0.3, 0.4) is 0 Å². The number of aromatic nitrogens is 1. The molecule has 1 aromatic heterocycles. The molecule has 0 amide bonds. The molecule has 1 heterocycles. The average Bonchev–Trinajstić information content (AvgIpc) is 2.36. The van der Waals surface area contributed by atoms with Gasteiger partial charge in [0.25, 0.3) is 0 Å². The second-order valence-electron chi connectivity index (χ2n) is 2.11. The number of hydrogen-bond donors (Lipinski definition) is 0. The lowest BCUT2D eigenvalue weighted by atomic mass is 10.6. The Balaban J connectivity index is 2.76. The van der Waals surface area contributed by atoms with E-state index >= 15 is 0 Å². The number of nitrogens with zero attached hydrogens (tertiary/aromatic N) is 1. The van der Waals surface area contributed by atoms with Gasteiger partial charge in [-0.3, -0.25) is 0 Å². The lowest BCUT2D eigenvalue weighted by Crippen LogP contribution is -2.09. The van der Waals surface area contributed by atoms with E-state index in [0.29, 0.717) is 11.0 Å². The minimum absolute atomic E-state index is 0.354. The monoisotopic (exact) mass is 189 g/mol. The lowest BCUT2D eigenvalue weighted by Gasteiger charge is -2.03. The van der Waals surface area contributed by atoms with Gasteiger partial charge in [-0.05, 0) is 6.07 Å². The molecule has 0 aromatic carbocycles. The molecule has 0 unspecified atom stereocenters. The van der Waals surface area contributed by atoms with Gasteiger partial charge in [0.05, 0.1) is 7.11 Å². The molecule has 5 heteroatoms. The molecule has 0 aliphatic heterocycles. The van der Waals surface area contributed by atoms with Crippen molar-refractivity contribution in [1.29, 1.82) is 0 Å². The van der Waals surface area contributed by atoms with E-state index in [0.717, 1.165) is 0 Å². The van der Waals surface area contributed by atoms with Crippen molar-refractivity contribution in [2.24, 2.45) is 7.05 Å². The first-order valence-electron chi connectivity index (χ1n) is 3.22. The maximum Gasteiger partial charge on any atom is 0.514 e. The Morgan fingerprint density at radius 2 is 2.25 bits per heavy atom. The van der Waals surface area contributed by atoms with Gasteiger partial charge >= 0.3 is 6.16 Å². The van der Waals surface area contributed by atoms with Crippen LogP contribution in [-0.4, -0.2) is 17.8 Å². The number of carbonyl (C=O) groups is 1. The summed E-state index contributed by atoms with van der Waals surface area (Å²) in [5.74, 6) is 0.354. The van der Waals surface area contributed by atoms with Crippen molar-refractivity contribution in [2.45, 2.75) is 0 Å². The molecule has 0 bridgehead atoms. The molecule has 0 spiro atoms. The summed E-state index contributed by atoms with van der Waals surface area (Å²) < 4.78 is 10.6. The zero-order chi connectivity index (χ0) is 9.14. The van der Waals surface area contributed by atoms with E-state index in [2.05, 4.69) is 4.74 Å². The molecule has 1 rings (SSSR count). The van der Waals surface area contributed by atoms with Crippen molar-refractivity contribution in [3.05, 3.63) is 17.3 Å². The summed E-state index contributed by atoms with van der Waals surface area (Å²) >= 11 is 5.69. The maximum absolute atomic E-state index is 10.6. The Morgan fingerprint density at radius 3 is 2.67 bits per heavy atom. The third-order valence-corrected chi connectivity index (χ3v) is 1.75. The van der Waals surface area contributed by atoms with Crippen LogP contribution in [0.1, 0.15) is 0 Å². The van der Waals surface area contributed by atoms with Crippen LogP contribution in [-0.2, 0) is 11.8 Å². The number of carbonyl (C=O) groups excluding carboxylic acids is 1. The molecule has 0 saturated carbocycles. The van der Waals surface area contributed by atoms with Gasteiger partial charge in [-0.15, -0.1) is 0 Å². The summed E-state index contributed by atoms with van der Waals surface area (Å²) in [7, 11) is 2.92. The van der Waals surface area contributed by atoms with E-state index in [9.17, 15) is 4.79 Å². The Bertz CT molecular complexity index is 295. The van der Waals surface area contributed by atoms with Crippen molar-refractivity contribution >= 4 is 17.8 Å². The molecule has 0 aliphatic rings. The summed E-state index contributed by atoms with van der Waals surface area (Å²) in [6.07, 6.45) is -0.757. The molecular weight excluding hydrogens is 182 g/mol. The molecule has 4 nitrogen and oxygen atoms in total. The number of ether oxygens (including phenoxy) is 2. The average molecular weight is 190 g/mol. The van der Waals surface area contributed by atoms with Crippen LogP contribution in [0.4, 0.5) is 4.79 Å². The number of halogens is 1. The zero-order valence-corrected chi connectivity index (χ0v) is 7.46. The van der Waals surface area contributed by atoms with Crippen molar-refractivity contribution < 1.29 is 14.3 Å². The first-order chi connectivity index (χ1) is 5.65. The molecule has 1 aromatic rings. The van der Waals surface area contributed by atoms with Gasteiger partial charge in [0.2, 0.25) is 5.88 Å². The van der Waals surface area contributed by atoms with Crippen molar-refractivity contribution in [3.63, 3.8) is 0 Å². The van der Waals surface area contributed by atoms with Gasteiger partial charge in [-0.25, -0.2) is 4.79 Å². The van der Waals surface area contributed by atoms with Gasteiger partial charge in [0.1, 0.15) is 5.15 Å². The predicted molar refractivity (Wildman–Crippen MR) is 43.5 cm³/mol. The van der Waals surface area contributed by atoms with Crippen molar-refractivity contribution in [2.75, 3.05) is 7.11 Å². The topological polar surface area (TPSA) is 40.5 Å². The normalized spacial score (nSPS) is 9.58. The largest absolute Gasteiger partial charge is 0.514 e. The summed E-state index contributed by atoms with van der Waals surface area (Å²) in [4.78, 5) is 10.6. The minimum Gasteiger partial charge on any atom is -0.437 e. The third kappa shape index (κ3) is 1.71. The highest BCUT2D eigenvalue weighted by Gasteiger charge is 2.08. The molecule has 66 valence electrons. The van der Waals surface area contributed by atoms with Crippen LogP contribution >= 0.6 is 11.6 Å². The maximum atomic E-state index is 10.6. The standard InChI is InChI=1S/C7H8ClNO3/c1-9-5(8)3-4-6(9)12-7(10)11-2/h3-4H,1-2H3. The van der Waals surface area contributed by atoms with Crippen molar-refractivity contribution in [1.82, 2.24) is 4.57 Å². The Kier molecular flexibility index (Phi) is 2.60. The van der Waals surface area contributed by atoms with Crippen molar-refractivity contribution in [3.8, 4) is 5.88 Å². The third-order valence-electron chi connectivity index (χ3n) is 1.37. The highest BCUT2D eigenvalue weighted by atomic mass is 35.5. The molecule has 0 aliphatic carbocycles. The Labute approximate surface area is 74.6 Å². The van der Waals surface area contributed by atoms with Gasteiger partial charge in [0.15, 0.2) is 0 Å².